The van der Waals surface area contributed by atoms with Crippen LogP contribution in [0.1, 0.15) is 35.5 Å². The summed E-state index contributed by atoms with van der Waals surface area (Å²) in [7, 11) is 1.59. The van der Waals surface area contributed by atoms with E-state index in [1.165, 1.54) is 11.8 Å². The van der Waals surface area contributed by atoms with Crippen LogP contribution in [-0.4, -0.2) is 28.2 Å². The Morgan fingerprint density at radius 3 is 2.75 bits per heavy atom. The lowest BCUT2D eigenvalue weighted by Gasteiger charge is -2.17. The average Bonchev–Trinajstić information content (AvgIpc) is 3.14. The number of nitrogens with one attached hydrogen (secondary N) is 2. The van der Waals surface area contributed by atoms with E-state index < -0.39 is 5.25 Å². The molecule has 0 radical (unpaired) electrons. The lowest BCUT2D eigenvalue weighted by atomic mass is 10.1. The molecule has 1 amide bonds. The van der Waals surface area contributed by atoms with Gasteiger partial charge in [0.25, 0.3) is 0 Å². The molecule has 1 atom stereocenters. The smallest absolute Gasteiger partial charge is 0.242 e. The molecular weight excluding hydrogens is 372 g/mol. The number of H-pyrrole nitrogens is 1. The van der Waals surface area contributed by atoms with Gasteiger partial charge in [0.15, 0.2) is 0 Å². The Hall–Kier alpha value is -2.80. The molecule has 0 fully saturated rings. The summed E-state index contributed by atoms with van der Waals surface area (Å²) in [6.45, 7) is 4.06. The van der Waals surface area contributed by atoms with Gasteiger partial charge in [0.05, 0.1) is 12.8 Å². The molecule has 2 N–H and O–H groups in total. The molecule has 0 spiro atoms. The summed E-state index contributed by atoms with van der Waals surface area (Å²) in [5.41, 5.74) is 2.58. The zero-order valence-electron chi connectivity index (χ0n) is 16.2. The van der Waals surface area contributed by atoms with Crippen molar-refractivity contribution in [3.8, 4) is 5.75 Å². The van der Waals surface area contributed by atoms with E-state index in [2.05, 4.69) is 27.4 Å². The summed E-state index contributed by atoms with van der Waals surface area (Å²) in [6, 6.07) is 15.3. The van der Waals surface area contributed by atoms with Gasteiger partial charge in [-0.2, -0.15) is 0 Å². The lowest BCUT2D eigenvalue weighted by molar-refractivity contribution is -0.115. The van der Waals surface area contributed by atoms with E-state index in [4.69, 9.17) is 4.74 Å². The van der Waals surface area contributed by atoms with Gasteiger partial charge in [-0.05, 0) is 36.6 Å². The number of carbonyl (C=O) groups is 1. The van der Waals surface area contributed by atoms with E-state index in [-0.39, 0.29) is 5.91 Å². The fraction of sp³-hybridized carbons (Fsp3) is 0.286. The van der Waals surface area contributed by atoms with Gasteiger partial charge in [0.1, 0.15) is 16.8 Å². The van der Waals surface area contributed by atoms with Crippen molar-refractivity contribution < 1.29 is 9.53 Å². The number of anilines is 1. The largest absolute Gasteiger partial charge is 0.495 e. The predicted octanol–water partition coefficient (Wildman–Crippen LogP) is 4.55. The molecule has 0 aliphatic heterocycles. The summed E-state index contributed by atoms with van der Waals surface area (Å²) in [5.74, 6) is 1.30. The maximum absolute atomic E-state index is 13.2. The minimum Gasteiger partial charge on any atom is -0.495 e. The van der Waals surface area contributed by atoms with Gasteiger partial charge >= 0.3 is 0 Å². The van der Waals surface area contributed by atoms with Gasteiger partial charge in [-0.25, -0.2) is 4.98 Å². The molecule has 1 aromatic heterocycles. The third kappa shape index (κ3) is 4.92. The van der Waals surface area contributed by atoms with Crippen molar-refractivity contribution in [1.82, 2.24) is 15.2 Å². The monoisotopic (exact) mass is 396 g/mol. The van der Waals surface area contributed by atoms with Crippen molar-refractivity contribution in [1.29, 1.82) is 0 Å². The molecule has 7 heteroatoms. The second-order valence-electron chi connectivity index (χ2n) is 6.42. The van der Waals surface area contributed by atoms with Crippen molar-refractivity contribution in [3.63, 3.8) is 0 Å². The average molecular weight is 397 g/mol. The van der Waals surface area contributed by atoms with E-state index in [0.717, 1.165) is 29.8 Å². The molecule has 146 valence electrons. The number of aromatic nitrogens is 3. The Morgan fingerprint density at radius 2 is 2.04 bits per heavy atom. The molecule has 2 aromatic carbocycles. The number of rotatable bonds is 8. The second kappa shape index (κ2) is 9.41. The minimum absolute atomic E-state index is 0.151. The summed E-state index contributed by atoms with van der Waals surface area (Å²) in [6.07, 6.45) is 1.81. The number of methoxy groups -OCH3 is 1. The van der Waals surface area contributed by atoms with Crippen molar-refractivity contribution in [3.05, 3.63) is 65.5 Å². The molecule has 1 heterocycles. The van der Waals surface area contributed by atoms with Crippen molar-refractivity contribution >= 4 is 23.4 Å². The summed E-state index contributed by atoms with van der Waals surface area (Å²) >= 11 is 1.33. The molecule has 0 saturated carbocycles. The van der Waals surface area contributed by atoms with E-state index in [9.17, 15) is 4.79 Å². The Balaban J connectivity index is 1.86. The molecular formula is C21H24N4O2S. The van der Waals surface area contributed by atoms with Crippen molar-refractivity contribution in [2.24, 2.45) is 0 Å². The van der Waals surface area contributed by atoms with Crippen LogP contribution in [0.25, 0.3) is 0 Å². The standard InChI is InChI=1S/C21H24N4O2S/c1-4-8-18-23-21(25-24-18)28-19(15-9-6-5-7-10-15)20(26)22-16-13-14(2)11-12-17(16)27-3/h5-7,9-13,19H,4,8H2,1-3H3,(H,22,26)(H,23,24,25). The van der Waals surface area contributed by atoms with Crippen LogP contribution in [-0.2, 0) is 11.2 Å². The fourth-order valence-corrected chi connectivity index (χ4v) is 3.73. The van der Waals surface area contributed by atoms with Crippen LogP contribution in [0.3, 0.4) is 0 Å². The van der Waals surface area contributed by atoms with Crippen LogP contribution >= 0.6 is 11.8 Å². The Kier molecular flexibility index (Phi) is 6.71. The molecule has 0 aliphatic carbocycles. The number of nitrogens with zero attached hydrogens (tertiary/aromatic N) is 2. The molecule has 28 heavy (non-hydrogen) atoms. The molecule has 6 nitrogen and oxygen atoms in total. The molecule has 0 aliphatic rings. The van der Waals surface area contributed by atoms with Crippen LogP contribution in [0.5, 0.6) is 5.75 Å². The number of hydrogen-bond acceptors (Lipinski definition) is 5. The topological polar surface area (TPSA) is 79.9 Å². The Labute approximate surface area is 169 Å². The number of amides is 1. The fourth-order valence-electron chi connectivity index (χ4n) is 2.80. The molecule has 1 unspecified atom stereocenters. The first-order valence-electron chi connectivity index (χ1n) is 9.19. The first-order valence-corrected chi connectivity index (χ1v) is 10.1. The highest BCUT2D eigenvalue weighted by molar-refractivity contribution is 8.00. The first kappa shape index (κ1) is 19.9. The maximum Gasteiger partial charge on any atom is 0.242 e. The highest BCUT2D eigenvalue weighted by Gasteiger charge is 2.25. The quantitative estimate of drug-likeness (QED) is 0.546. The van der Waals surface area contributed by atoms with Crippen LogP contribution in [0, 0.1) is 6.92 Å². The number of carbonyl (C=O) groups excluding carboxylic acids is 1. The zero-order chi connectivity index (χ0) is 19.9. The van der Waals surface area contributed by atoms with Crippen molar-refractivity contribution in [2.45, 2.75) is 37.1 Å². The Morgan fingerprint density at radius 1 is 1.25 bits per heavy atom. The van der Waals surface area contributed by atoms with Crippen LogP contribution in [0.2, 0.25) is 0 Å². The summed E-state index contributed by atoms with van der Waals surface area (Å²) in [4.78, 5) is 17.7. The maximum atomic E-state index is 13.2. The number of ether oxygens (including phenoxy) is 1. The summed E-state index contributed by atoms with van der Waals surface area (Å²) in [5, 5.41) is 10.3. The van der Waals surface area contributed by atoms with E-state index in [0.29, 0.717) is 16.6 Å². The molecule has 0 bridgehead atoms. The molecule has 3 rings (SSSR count). The summed E-state index contributed by atoms with van der Waals surface area (Å²) < 4.78 is 5.38. The van der Waals surface area contributed by atoms with Crippen molar-refractivity contribution in [2.75, 3.05) is 12.4 Å². The predicted molar refractivity (Wildman–Crippen MR) is 112 cm³/mol. The van der Waals surface area contributed by atoms with Gasteiger partial charge in [0, 0.05) is 6.42 Å². The lowest BCUT2D eigenvalue weighted by Crippen LogP contribution is -2.19. The highest BCUT2D eigenvalue weighted by Crippen LogP contribution is 2.35. The zero-order valence-corrected chi connectivity index (χ0v) is 17.0. The van der Waals surface area contributed by atoms with E-state index >= 15 is 0 Å². The minimum atomic E-state index is -0.489. The van der Waals surface area contributed by atoms with Gasteiger partial charge < -0.3 is 10.1 Å². The number of hydrogen-bond donors (Lipinski definition) is 2. The van der Waals surface area contributed by atoms with Gasteiger partial charge in [0.2, 0.25) is 11.1 Å². The third-order valence-electron chi connectivity index (χ3n) is 4.17. The number of thioether (sulfide) groups is 1. The van der Waals surface area contributed by atoms with Gasteiger partial charge in [-0.3, -0.25) is 9.89 Å². The number of aromatic amines is 1. The van der Waals surface area contributed by atoms with Crippen LogP contribution in [0.4, 0.5) is 5.69 Å². The molecule has 0 saturated heterocycles. The van der Waals surface area contributed by atoms with Crippen LogP contribution < -0.4 is 10.1 Å². The molecule has 3 aromatic rings. The highest BCUT2D eigenvalue weighted by atomic mass is 32.2. The van der Waals surface area contributed by atoms with E-state index in [1.807, 2.05) is 55.5 Å². The van der Waals surface area contributed by atoms with Gasteiger partial charge in [-0.15, -0.1) is 5.10 Å². The Bertz CT molecular complexity index is 927. The normalized spacial score (nSPS) is 11.8. The first-order chi connectivity index (χ1) is 13.6. The number of aryl methyl sites for hydroxylation is 2. The SMILES string of the molecule is CCCc1nc(SC(C(=O)Nc2cc(C)ccc2OC)c2ccccc2)n[nH]1. The van der Waals surface area contributed by atoms with Crippen LogP contribution in [0.15, 0.2) is 53.7 Å². The number of benzene rings is 2. The second-order valence-corrected chi connectivity index (χ2v) is 7.49. The van der Waals surface area contributed by atoms with E-state index in [1.54, 1.807) is 7.11 Å². The third-order valence-corrected chi connectivity index (χ3v) is 5.29. The van der Waals surface area contributed by atoms with Gasteiger partial charge in [-0.1, -0.05) is 55.1 Å².